The lowest BCUT2D eigenvalue weighted by Crippen LogP contribution is -2.49. The van der Waals surface area contributed by atoms with Gasteiger partial charge in [0.25, 0.3) is 5.91 Å². The first-order valence-corrected chi connectivity index (χ1v) is 6.72. The van der Waals surface area contributed by atoms with E-state index in [1.54, 1.807) is 6.07 Å². The van der Waals surface area contributed by atoms with Crippen LogP contribution in [0.1, 0.15) is 25.8 Å². The van der Waals surface area contributed by atoms with Crippen molar-refractivity contribution in [3.05, 3.63) is 29.8 Å². The van der Waals surface area contributed by atoms with E-state index >= 15 is 0 Å². The van der Waals surface area contributed by atoms with Crippen LogP contribution in [0, 0.1) is 12.8 Å². The highest BCUT2D eigenvalue weighted by Crippen LogP contribution is 2.12. The van der Waals surface area contributed by atoms with Crippen molar-refractivity contribution in [3.8, 4) is 5.75 Å². The molecule has 0 heterocycles. The first-order chi connectivity index (χ1) is 9.43. The summed E-state index contributed by atoms with van der Waals surface area (Å²) >= 11 is 0. The number of rotatable bonds is 7. The lowest BCUT2D eigenvalue weighted by molar-refractivity contribution is -0.129. The number of carbonyl (C=O) groups excluding carboxylic acids is 2. The molecule has 0 radical (unpaired) electrons. The van der Waals surface area contributed by atoms with Gasteiger partial charge in [0.1, 0.15) is 11.8 Å². The van der Waals surface area contributed by atoms with E-state index in [2.05, 4.69) is 5.32 Å². The summed E-state index contributed by atoms with van der Waals surface area (Å²) in [6, 6.07) is 6.76. The second-order valence-corrected chi connectivity index (χ2v) is 4.94. The van der Waals surface area contributed by atoms with Crippen molar-refractivity contribution < 1.29 is 14.3 Å². The average Bonchev–Trinajstić information content (AvgIpc) is 2.41. The van der Waals surface area contributed by atoms with Crippen LogP contribution >= 0.6 is 0 Å². The van der Waals surface area contributed by atoms with Crippen LogP contribution in [-0.2, 0) is 9.59 Å². The number of ether oxygens (including phenoxy) is 1. The zero-order valence-corrected chi connectivity index (χ0v) is 12.2. The molecule has 2 amide bonds. The molecule has 0 aromatic heterocycles. The summed E-state index contributed by atoms with van der Waals surface area (Å²) in [7, 11) is 0. The summed E-state index contributed by atoms with van der Waals surface area (Å²) in [6.45, 7) is 5.62. The van der Waals surface area contributed by atoms with Gasteiger partial charge in [-0.3, -0.25) is 9.59 Å². The summed E-state index contributed by atoms with van der Waals surface area (Å²) in [5.41, 5.74) is 6.35. The third-order valence-electron chi connectivity index (χ3n) is 3.20. The van der Waals surface area contributed by atoms with Crippen LogP contribution in [0.5, 0.6) is 5.75 Å². The number of hydrogen-bond donors (Lipinski definition) is 2. The SMILES string of the molecule is CCC(C)C(NC(=O)COc1cccc(C)c1)C(N)=O. The first kappa shape index (κ1) is 16.0. The summed E-state index contributed by atoms with van der Waals surface area (Å²) in [6.07, 6.45) is 0.757. The number of primary amides is 1. The molecule has 1 aromatic carbocycles. The maximum atomic E-state index is 11.8. The van der Waals surface area contributed by atoms with E-state index in [9.17, 15) is 9.59 Å². The number of amides is 2. The number of carbonyl (C=O) groups is 2. The van der Waals surface area contributed by atoms with Gasteiger partial charge >= 0.3 is 0 Å². The second kappa shape index (κ2) is 7.53. The van der Waals surface area contributed by atoms with E-state index in [1.165, 1.54) is 0 Å². The Hall–Kier alpha value is -2.04. The largest absolute Gasteiger partial charge is 0.484 e. The molecular formula is C15H22N2O3. The molecule has 0 aliphatic rings. The van der Waals surface area contributed by atoms with Crippen molar-refractivity contribution >= 4 is 11.8 Å². The Bertz CT molecular complexity index is 474. The van der Waals surface area contributed by atoms with Crippen LogP contribution in [0.15, 0.2) is 24.3 Å². The molecule has 0 saturated heterocycles. The van der Waals surface area contributed by atoms with Gasteiger partial charge in [0.15, 0.2) is 6.61 Å². The van der Waals surface area contributed by atoms with E-state index in [-0.39, 0.29) is 18.4 Å². The number of benzene rings is 1. The van der Waals surface area contributed by atoms with Crippen molar-refractivity contribution in [2.45, 2.75) is 33.2 Å². The Kier molecular flexibility index (Phi) is 6.03. The highest BCUT2D eigenvalue weighted by Gasteiger charge is 2.23. The molecule has 110 valence electrons. The van der Waals surface area contributed by atoms with Gasteiger partial charge in [0.2, 0.25) is 5.91 Å². The monoisotopic (exact) mass is 278 g/mol. The van der Waals surface area contributed by atoms with Gasteiger partial charge in [-0.25, -0.2) is 0 Å². The summed E-state index contributed by atoms with van der Waals surface area (Å²) in [4.78, 5) is 23.1. The normalized spacial score (nSPS) is 13.3. The molecule has 5 nitrogen and oxygen atoms in total. The standard InChI is InChI=1S/C15H22N2O3/c1-4-11(3)14(15(16)19)17-13(18)9-20-12-7-5-6-10(2)8-12/h5-8,11,14H,4,9H2,1-3H3,(H2,16,19)(H,17,18). The fourth-order valence-electron chi connectivity index (χ4n) is 1.80. The lowest BCUT2D eigenvalue weighted by Gasteiger charge is -2.21. The summed E-state index contributed by atoms with van der Waals surface area (Å²) in [5, 5.41) is 2.61. The molecule has 0 fully saturated rings. The lowest BCUT2D eigenvalue weighted by atomic mass is 9.99. The smallest absolute Gasteiger partial charge is 0.258 e. The van der Waals surface area contributed by atoms with Gasteiger partial charge in [-0.05, 0) is 30.5 Å². The van der Waals surface area contributed by atoms with Gasteiger partial charge < -0.3 is 15.8 Å². The minimum atomic E-state index is -0.659. The van der Waals surface area contributed by atoms with Crippen molar-refractivity contribution in [2.24, 2.45) is 11.7 Å². The number of aryl methyl sites for hydroxylation is 1. The Labute approximate surface area is 119 Å². The topological polar surface area (TPSA) is 81.4 Å². The predicted molar refractivity (Wildman–Crippen MR) is 77.3 cm³/mol. The molecule has 0 saturated carbocycles. The predicted octanol–water partition coefficient (Wildman–Crippen LogP) is 1.39. The molecule has 0 bridgehead atoms. The van der Waals surface area contributed by atoms with Crippen molar-refractivity contribution in [2.75, 3.05) is 6.61 Å². The molecule has 0 aliphatic carbocycles. The molecule has 0 spiro atoms. The summed E-state index contributed by atoms with van der Waals surface area (Å²) < 4.78 is 5.38. The van der Waals surface area contributed by atoms with Gasteiger partial charge in [-0.15, -0.1) is 0 Å². The molecule has 1 aromatic rings. The number of nitrogens with one attached hydrogen (secondary N) is 1. The van der Waals surface area contributed by atoms with Gasteiger partial charge in [-0.2, -0.15) is 0 Å². The van der Waals surface area contributed by atoms with E-state index in [4.69, 9.17) is 10.5 Å². The minimum Gasteiger partial charge on any atom is -0.484 e. The molecule has 1 rings (SSSR count). The molecule has 3 N–H and O–H groups in total. The first-order valence-electron chi connectivity index (χ1n) is 6.72. The van der Waals surface area contributed by atoms with Crippen LogP contribution in [0.2, 0.25) is 0 Å². The Balaban J connectivity index is 2.52. The minimum absolute atomic E-state index is 0.00424. The van der Waals surface area contributed by atoms with E-state index < -0.39 is 11.9 Å². The molecular weight excluding hydrogens is 256 g/mol. The Morgan fingerprint density at radius 3 is 2.65 bits per heavy atom. The summed E-state index contributed by atoms with van der Waals surface area (Å²) in [5.74, 6) is -0.256. The van der Waals surface area contributed by atoms with Crippen LogP contribution in [0.25, 0.3) is 0 Å². The molecule has 0 aliphatic heterocycles. The average molecular weight is 278 g/mol. The zero-order valence-electron chi connectivity index (χ0n) is 12.2. The third-order valence-corrected chi connectivity index (χ3v) is 3.20. The quantitative estimate of drug-likeness (QED) is 0.790. The van der Waals surface area contributed by atoms with E-state index in [0.29, 0.717) is 5.75 Å². The van der Waals surface area contributed by atoms with Crippen LogP contribution in [-0.4, -0.2) is 24.5 Å². The van der Waals surface area contributed by atoms with Gasteiger partial charge in [-0.1, -0.05) is 32.4 Å². The second-order valence-electron chi connectivity index (χ2n) is 4.94. The maximum Gasteiger partial charge on any atom is 0.258 e. The fourth-order valence-corrected chi connectivity index (χ4v) is 1.80. The number of hydrogen-bond acceptors (Lipinski definition) is 3. The van der Waals surface area contributed by atoms with Crippen molar-refractivity contribution in [1.82, 2.24) is 5.32 Å². The Morgan fingerprint density at radius 2 is 2.10 bits per heavy atom. The molecule has 2 unspecified atom stereocenters. The highest BCUT2D eigenvalue weighted by molar-refractivity contribution is 5.87. The highest BCUT2D eigenvalue weighted by atomic mass is 16.5. The third kappa shape index (κ3) is 4.91. The van der Waals surface area contributed by atoms with E-state index in [0.717, 1.165) is 12.0 Å². The van der Waals surface area contributed by atoms with Crippen molar-refractivity contribution in [3.63, 3.8) is 0 Å². The molecule has 5 heteroatoms. The van der Waals surface area contributed by atoms with Crippen LogP contribution < -0.4 is 15.8 Å². The fraction of sp³-hybridized carbons (Fsp3) is 0.467. The molecule has 20 heavy (non-hydrogen) atoms. The van der Waals surface area contributed by atoms with E-state index in [1.807, 2.05) is 39.0 Å². The zero-order chi connectivity index (χ0) is 15.1. The van der Waals surface area contributed by atoms with Crippen LogP contribution in [0.3, 0.4) is 0 Å². The maximum absolute atomic E-state index is 11.8. The van der Waals surface area contributed by atoms with Gasteiger partial charge in [0, 0.05) is 0 Å². The Morgan fingerprint density at radius 1 is 1.40 bits per heavy atom. The van der Waals surface area contributed by atoms with Crippen LogP contribution in [0.4, 0.5) is 0 Å². The molecule has 2 atom stereocenters. The van der Waals surface area contributed by atoms with Crippen molar-refractivity contribution in [1.29, 1.82) is 0 Å². The van der Waals surface area contributed by atoms with Gasteiger partial charge in [0.05, 0.1) is 0 Å². The number of nitrogens with two attached hydrogens (primary N) is 1.